The first-order valence-corrected chi connectivity index (χ1v) is 9.62. The van der Waals surface area contributed by atoms with Crippen molar-refractivity contribution in [1.29, 1.82) is 1.43 Å². The first kappa shape index (κ1) is 17.5. The molecule has 0 fully saturated rings. The largest absolute Gasteiger partial charge is 0.507 e. The molecule has 1 atom stereocenters. The Morgan fingerprint density at radius 3 is 2.43 bits per heavy atom. The van der Waals surface area contributed by atoms with Gasteiger partial charge in [-0.15, -0.1) is 0 Å². The minimum atomic E-state index is -0.875. The number of hydrogen-bond acceptors (Lipinski definition) is 5. The molecule has 0 heterocycles. The maximum absolute atomic E-state index is 11.3. The van der Waals surface area contributed by atoms with Gasteiger partial charge >= 0.3 is 5.97 Å². The van der Waals surface area contributed by atoms with Crippen LogP contribution in [-0.4, -0.2) is 22.2 Å². The van der Waals surface area contributed by atoms with Crippen molar-refractivity contribution in [1.82, 2.24) is 0 Å². The summed E-state index contributed by atoms with van der Waals surface area (Å²) in [7, 11) is 0. The Bertz CT molecular complexity index is 749. The average molecular weight is 652 g/mol. The summed E-state index contributed by atoms with van der Waals surface area (Å²) in [5.74, 6) is 0.755. The monoisotopic (exact) mass is 652 g/mol. The van der Waals surface area contributed by atoms with Gasteiger partial charge in [0.25, 0.3) is 1.43 Å². The van der Waals surface area contributed by atoms with Crippen LogP contribution >= 0.6 is 67.8 Å². The summed E-state index contributed by atoms with van der Waals surface area (Å²) in [4.78, 5) is 11.3. The Morgan fingerprint density at radius 1 is 1.22 bits per heavy atom. The highest BCUT2D eigenvalue weighted by molar-refractivity contribution is 14.1. The molecule has 2 rings (SSSR count). The van der Waals surface area contributed by atoms with Gasteiger partial charge in [-0.1, -0.05) is 0 Å². The van der Waals surface area contributed by atoms with E-state index in [-0.39, 0.29) is 12.2 Å². The van der Waals surface area contributed by atoms with Gasteiger partial charge in [-0.2, -0.15) is 0 Å². The number of carboxylic acid groups (broad SMARTS) is 1. The van der Waals surface area contributed by atoms with Crippen molar-refractivity contribution in [3.8, 4) is 17.2 Å². The zero-order valence-corrected chi connectivity index (χ0v) is 18.0. The molecule has 5 nitrogen and oxygen atoms in total. The smallest absolute Gasteiger partial charge is 0.320 e. The van der Waals surface area contributed by atoms with E-state index < -0.39 is 12.0 Å². The quantitative estimate of drug-likeness (QED) is 0.426. The van der Waals surface area contributed by atoms with Gasteiger partial charge in [-0.25, -0.2) is 0 Å². The summed E-state index contributed by atoms with van der Waals surface area (Å²) in [6.07, 6.45) is 0.279. The number of hydrogen-bond donors (Lipinski definition) is 3. The molecule has 0 aromatic heterocycles. The molecule has 0 aliphatic rings. The van der Waals surface area contributed by atoms with Crippen LogP contribution in [-0.2, 0) is 11.2 Å². The van der Waals surface area contributed by atoms with Gasteiger partial charge in [0.15, 0.2) is 5.75 Å². The molecule has 0 saturated heterocycles. The molecule has 2 aromatic carbocycles. The first-order chi connectivity index (χ1) is 11.3. The van der Waals surface area contributed by atoms with Gasteiger partial charge in [0.05, 0.1) is 10.7 Å². The lowest BCUT2D eigenvalue weighted by Gasteiger charge is -2.13. The van der Waals surface area contributed by atoms with Crippen LogP contribution in [0.3, 0.4) is 0 Å². The zero-order chi connectivity index (χ0) is 17.9. The molecule has 0 bridgehead atoms. The van der Waals surface area contributed by atoms with Gasteiger partial charge in [0, 0.05) is 0 Å². The standard InChI is InChI=1S/C15H12I3NO4/c16-9-6-8(1-2-13(9)20)23-14-10(17)3-7(4-11(14)18)5-12(19)15(21)22/h1-4,6,12,20H,5,19H2,(H,21,22)/t12-/m0/s1/i/hD. The number of phenolic OH excluding ortho intramolecular Hbond substituents is 1. The molecule has 0 unspecified atom stereocenters. The Morgan fingerprint density at radius 2 is 1.87 bits per heavy atom. The van der Waals surface area contributed by atoms with E-state index in [0.717, 1.165) is 12.7 Å². The number of aromatic hydroxyl groups is 1. The van der Waals surface area contributed by atoms with Crippen molar-refractivity contribution in [2.75, 3.05) is 0 Å². The Balaban J connectivity index is 2.23. The highest BCUT2D eigenvalue weighted by Gasteiger charge is 2.16. The van der Waals surface area contributed by atoms with Crippen molar-refractivity contribution >= 4 is 73.7 Å². The van der Waals surface area contributed by atoms with Crippen LogP contribution in [0.25, 0.3) is 1.43 Å². The van der Waals surface area contributed by atoms with Crippen molar-refractivity contribution < 1.29 is 19.7 Å². The molecule has 0 saturated carbocycles. The fraction of sp³-hybridized carbons (Fsp3) is 0.133. The second kappa shape index (κ2) is 8.16. The van der Waals surface area contributed by atoms with Crippen LogP contribution in [0.15, 0.2) is 30.3 Å². The van der Waals surface area contributed by atoms with Crippen LogP contribution in [0.1, 0.15) is 5.56 Å². The fourth-order valence-corrected chi connectivity index (χ4v) is 4.44. The van der Waals surface area contributed by atoms with Crippen molar-refractivity contribution in [3.05, 3.63) is 46.6 Å². The maximum Gasteiger partial charge on any atom is 0.320 e. The zero-order valence-electron chi connectivity index (χ0n) is 12.6. The molecule has 122 valence electrons. The summed E-state index contributed by atoms with van der Waals surface area (Å²) >= 11 is 6.34. The second-order valence-electron chi connectivity index (χ2n) is 4.73. The highest BCUT2D eigenvalue weighted by Crippen LogP contribution is 2.34. The Labute approximate surface area is 175 Å². The maximum atomic E-state index is 11.3. The molecule has 8 heteroatoms. The minimum Gasteiger partial charge on any atom is -0.507 e. The van der Waals surface area contributed by atoms with Crippen LogP contribution in [0.4, 0.5) is 0 Å². The van der Waals surface area contributed by atoms with Gasteiger partial charge in [0.2, 0.25) is 0 Å². The normalized spacial score (nSPS) is 12.4. The first-order valence-electron chi connectivity index (χ1n) is 6.79. The molecule has 0 amide bonds. The number of benzene rings is 2. The minimum absolute atomic E-state index is 0.206. The van der Waals surface area contributed by atoms with E-state index in [9.17, 15) is 9.90 Å². The van der Waals surface area contributed by atoms with E-state index in [1.807, 2.05) is 34.7 Å². The molecule has 0 radical (unpaired) electrons. The van der Waals surface area contributed by atoms with Crippen molar-refractivity contribution in [3.63, 3.8) is 0 Å². The molecule has 0 aliphatic carbocycles. The lowest BCUT2D eigenvalue weighted by molar-refractivity contribution is -0.138. The molecule has 0 aliphatic heterocycles. The number of ether oxygens (including phenoxy) is 1. The topological polar surface area (TPSA) is 92.8 Å². The van der Waals surface area contributed by atoms with E-state index in [2.05, 4.69) is 50.3 Å². The third kappa shape index (κ3) is 5.06. The van der Waals surface area contributed by atoms with Crippen molar-refractivity contribution in [2.45, 2.75) is 12.5 Å². The predicted molar refractivity (Wildman–Crippen MR) is 112 cm³/mol. The van der Waals surface area contributed by atoms with E-state index >= 15 is 0 Å². The number of rotatable bonds is 5. The number of carbonyl (C=O) groups is 1. The third-order valence-electron chi connectivity index (χ3n) is 2.96. The molecule has 2 aromatic rings. The van der Waals surface area contributed by atoms with Gasteiger partial charge in [0.1, 0.15) is 17.5 Å². The van der Waals surface area contributed by atoms with E-state index in [1.165, 1.54) is 0 Å². The SMILES string of the molecule is [2H]OC(=O)[C@@H](N)Cc1cc(I)c(Oc2ccc(O)c(I)c2)c(I)c1. The number of carboxylic acids is 1. The molecule has 0 spiro atoms. The summed E-state index contributed by atoms with van der Waals surface area (Å²) in [6, 6.07) is 7.89. The van der Waals surface area contributed by atoms with Gasteiger partial charge < -0.3 is 20.7 Å². The van der Waals surface area contributed by atoms with Crippen LogP contribution in [0.2, 0.25) is 0 Å². The number of halogens is 3. The fourth-order valence-electron chi connectivity index (χ4n) is 1.83. The van der Waals surface area contributed by atoms with Gasteiger partial charge in [-0.3, -0.25) is 4.79 Å². The van der Waals surface area contributed by atoms with Gasteiger partial charge in [-0.05, 0) is 110 Å². The molecule has 4 N–H and O–H groups in total. The summed E-state index contributed by atoms with van der Waals surface area (Å²) in [5, 5.41) is 13.5. The Kier molecular flexibility index (Phi) is 6.20. The summed E-state index contributed by atoms with van der Waals surface area (Å²) < 4.78 is 15.0. The average Bonchev–Trinajstić information content (AvgIpc) is 2.53. The predicted octanol–water partition coefficient (Wildman–Crippen LogP) is 3.95. The highest BCUT2D eigenvalue weighted by atomic mass is 127. The molecular formula is C15H12I3NO4. The van der Waals surface area contributed by atoms with E-state index in [4.69, 9.17) is 11.9 Å². The molecular weight excluding hydrogens is 639 g/mol. The molecule has 23 heavy (non-hydrogen) atoms. The lowest BCUT2D eigenvalue weighted by Crippen LogP contribution is -2.32. The van der Waals surface area contributed by atoms with Crippen LogP contribution < -0.4 is 10.5 Å². The summed E-state index contributed by atoms with van der Waals surface area (Å²) in [5.41, 5.74) is 6.55. The van der Waals surface area contributed by atoms with Crippen molar-refractivity contribution in [2.24, 2.45) is 5.73 Å². The van der Waals surface area contributed by atoms with E-state index in [0.29, 0.717) is 15.1 Å². The van der Waals surface area contributed by atoms with Crippen LogP contribution in [0, 0.1) is 10.7 Å². The Hall–Kier alpha value is -0.340. The van der Waals surface area contributed by atoms with Crippen LogP contribution in [0.5, 0.6) is 17.2 Å². The van der Waals surface area contributed by atoms with E-state index in [1.54, 1.807) is 18.2 Å². The second-order valence-corrected chi connectivity index (χ2v) is 8.22. The lowest BCUT2D eigenvalue weighted by atomic mass is 10.1. The number of nitrogens with two attached hydrogens (primary N) is 1. The third-order valence-corrected chi connectivity index (χ3v) is 5.42. The summed E-state index contributed by atoms with van der Waals surface area (Å²) in [6.45, 7) is 0. The number of aliphatic carboxylic acids is 1. The number of phenols is 1.